The minimum atomic E-state index is -1.39. The zero-order chi connectivity index (χ0) is 30.8. The third-order valence-electron chi connectivity index (χ3n) is 6.30. The van der Waals surface area contributed by atoms with Gasteiger partial charge in [0.1, 0.15) is 17.7 Å². The predicted molar refractivity (Wildman–Crippen MR) is 150 cm³/mol. The molecule has 0 amide bonds. The highest BCUT2D eigenvalue weighted by Gasteiger charge is 2.36. The van der Waals surface area contributed by atoms with E-state index < -0.39 is 53.6 Å². The minimum absolute atomic E-state index is 0.0142. The second kappa shape index (κ2) is 15.6. The number of hydrogen-bond donors (Lipinski definition) is 2. The van der Waals surface area contributed by atoms with E-state index in [1.54, 1.807) is 40.7 Å². The van der Waals surface area contributed by atoms with Gasteiger partial charge in [0, 0.05) is 24.7 Å². The molecule has 0 saturated carbocycles. The van der Waals surface area contributed by atoms with Crippen LogP contribution >= 0.6 is 0 Å². The fourth-order valence-corrected chi connectivity index (χ4v) is 3.87. The summed E-state index contributed by atoms with van der Waals surface area (Å²) in [6.07, 6.45) is -0.108. The molecule has 0 bridgehead atoms. The third-order valence-corrected chi connectivity index (χ3v) is 6.30. The van der Waals surface area contributed by atoms with Crippen LogP contribution in [0.2, 0.25) is 0 Å². The molecular weight excluding hydrogens is 518 g/mol. The summed E-state index contributed by atoms with van der Waals surface area (Å²) in [5, 5.41) is 9.78. The molecule has 10 nitrogen and oxygen atoms in total. The van der Waals surface area contributed by atoms with Crippen LogP contribution in [0.15, 0.2) is 18.2 Å². The van der Waals surface area contributed by atoms with Crippen molar-refractivity contribution in [3.63, 3.8) is 0 Å². The van der Waals surface area contributed by atoms with Crippen LogP contribution in [0.3, 0.4) is 0 Å². The van der Waals surface area contributed by atoms with Crippen LogP contribution in [0.5, 0.6) is 11.5 Å². The number of benzene rings is 1. The molecule has 0 aliphatic rings. The number of ether oxygens (including phenoxy) is 4. The molecule has 0 aliphatic heterocycles. The average Bonchev–Trinajstić information content (AvgIpc) is 2.81. The van der Waals surface area contributed by atoms with Gasteiger partial charge in [0.25, 0.3) is 0 Å². The van der Waals surface area contributed by atoms with Gasteiger partial charge in [-0.05, 0) is 70.1 Å². The largest absolute Gasteiger partial charge is 0.509 e. The molecular formula is C30H47NO9. The lowest BCUT2D eigenvalue weighted by Gasteiger charge is -2.32. The van der Waals surface area contributed by atoms with Crippen LogP contribution in [0.1, 0.15) is 99.5 Å². The Balaban J connectivity index is 3.41. The first-order chi connectivity index (χ1) is 18.4. The lowest BCUT2D eigenvalue weighted by Crippen LogP contribution is -2.43. The first-order valence-corrected chi connectivity index (χ1v) is 13.8. The van der Waals surface area contributed by atoms with E-state index in [4.69, 9.17) is 24.7 Å². The lowest BCUT2D eigenvalue weighted by molar-refractivity contribution is -0.140. The zero-order valence-corrected chi connectivity index (χ0v) is 25.3. The summed E-state index contributed by atoms with van der Waals surface area (Å²) in [7, 11) is 0. The van der Waals surface area contributed by atoms with Crippen molar-refractivity contribution in [2.24, 2.45) is 23.5 Å². The number of rotatable bonds is 14. The Morgan fingerprint density at radius 1 is 0.850 bits per heavy atom. The van der Waals surface area contributed by atoms with Gasteiger partial charge in [0.15, 0.2) is 11.5 Å². The van der Waals surface area contributed by atoms with Crippen molar-refractivity contribution in [2.75, 3.05) is 0 Å². The third kappa shape index (κ3) is 12.4. The van der Waals surface area contributed by atoms with Crippen molar-refractivity contribution in [2.45, 2.75) is 112 Å². The van der Waals surface area contributed by atoms with E-state index in [2.05, 4.69) is 0 Å². The Morgan fingerprint density at radius 3 is 1.80 bits per heavy atom. The number of hydrogen-bond acceptors (Lipinski definition) is 9. The van der Waals surface area contributed by atoms with Crippen LogP contribution < -0.4 is 15.2 Å². The summed E-state index contributed by atoms with van der Waals surface area (Å²) < 4.78 is 21.8. The van der Waals surface area contributed by atoms with E-state index in [0.717, 1.165) is 0 Å². The van der Waals surface area contributed by atoms with E-state index in [1.165, 1.54) is 12.1 Å². The number of nitrogens with two attached hydrogens (primary N) is 1. The normalized spacial score (nSPS) is 14.7. The van der Waals surface area contributed by atoms with Crippen molar-refractivity contribution in [1.82, 2.24) is 0 Å². The SMILES string of the molecule is CC(C)CCC(=O)Oc1ccc(C(C(C)C(C)OC(=O)OC(C)(C)C)[C@H](N)C(=O)O)cc1OC(=O)CCC(C)C. The molecule has 10 heteroatoms. The van der Waals surface area contributed by atoms with Crippen LogP contribution in [0.25, 0.3) is 0 Å². The van der Waals surface area contributed by atoms with Gasteiger partial charge in [0.05, 0.1) is 0 Å². The highest BCUT2D eigenvalue weighted by Crippen LogP contribution is 2.37. The summed E-state index contributed by atoms with van der Waals surface area (Å²) >= 11 is 0. The minimum Gasteiger partial charge on any atom is -0.480 e. The summed E-state index contributed by atoms with van der Waals surface area (Å²) in [5.41, 5.74) is 5.76. The van der Waals surface area contributed by atoms with Gasteiger partial charge in [-0.15, -0.1) is 0 Å². The molecule has 0 aliphatic carbocycles. The fraction of sp³-hybridized carbons (Fsp3) is 0.667. The van der Waals surface area contributed by atoms with Crippen LogP contribution in [-0.2, 0) is 23.9 Å². The molecule has 1 rings (SSSR count). The maximum Gasteiger partial charge on any atom is 0.509 e. The summed E-state index contributed by atoms with van der Waals surface area (Å²) in [6.45, 7) is 16.4. The molecule has 1 aromatic rings. The topological polar surface area (TPSA) is 151 Å². The van der Waals surface area contributed by atoms with Crippen molar-refractivity contribution in [1.29, 1.82) is 0 Å². The predicted octanol–water partition coefficient (Wildman–Crippen LogP) is 5.84. The Hall–Kier alpha value is -3.14. The van der Waals surface area contributed by atoms with Crippen molar-refractivity contribution in [3.8, 4) is 11.5 Å². The van der Waals surface area contributed by atoms with Gasteiger partial charge in [-0.2, -0.15) is 0 Å². The molecule has 226 valence electrons. The Bertz CT molecular complexity index is 1010. The van der Waals surface area contributed by atoms with Crippen LogP contribution in [-0.4, -0.2) is 46.9 Å². The Kier molecular flexibility index (Phi) is 13.6. The molecule has 0 heterocycles. The van der Waals surface area contributed by atoms with Gasteiger partial charge < -0.3 is 29.8 Å². The van der Waals surface area contributed by atoms with Gasteiger partial charge >= 0.3 is 24.1 Å². The number of carboxylic acid groups (broad SMARTS) is 1. The average molecular weight is 566 g/mol. The molecule has 3 N–H and O–H groups in total. The van der Waals surface area contributed by atoms with E-state index in [1.807, 2.05) is 27.7 Å². The van der Waals surface area contributed by atoms with Crippen molar-refractivity contribution in [3.05, 3.63) is 23.8 Å². The van der Waals surface area contributed by atoms with Crippen LogP contribution in [0, 0.1) is 17.8 Å². The van der Waals surface area contributed by atoms with E-state index in [0.29, 0.717) is 24.3 Å². The van der Waals surface area contributed by atoms with E-state index in [-0.39, 0.29) is 30.3 Å². The fourth-order valence-electron chi connectivity index (χ4n) is 3.87. The van der Waals surface area contributed by atoms with Crippen molar-refractivity contribution >= 4 is 24.1 Å². The van der Waals surface area contributed by atoms with Gasteiger partial charge in [-0.25, -0.2) is 4.79 Å². The number of carbonyl (C=O) groups excluding carboxylic acids is 3. The molecule has 0 spiro atoms. The van der Waals surface area contributed by atoms with Gasteiger partial charge in [-0.1, -0.05) is 40.7 Å². The number of carbonyl (C=O) groups is 4. The highest BCUT2D eigenvalue weighted by atomic mass is 16.7. The standard InChI is InChI=1S/C30H47NO9/c1-17(2)10-14-24(32)38-22-13-12-21(16-23(22)39-25(33)15-11-18(3)4)26(27(31)28(34)35)19(5)20(6)37-29(36)40-30(7,8)9/h12-13,16-20,26-27H,10-11,14-15,31H2,1-9H3,(H,34,35)/t19?,20?,26?,27-/m0/s1. The first-order valence-electron chi connectivity index (χ1n) is 13.8. The maximum atomic E-state index is 12.6. The lowest BCUT2D eigenvalue weighted by atomic mass is 9.79. The summed E-state index contributed by atoms with van der Waals surface area (Å²) in [5.74, 6) is -3.11. The molecule has 4 atom stereocenters. The molecule has 40 heavy (non-hydrogen) atoms. The summed E-state index contributed by atoms with van der Waals surface area (Å²) in [4.78, 5) is 49.3. The van der Waals surface area contributed by atoms with Crippen molar-refractivity contribution < 1.29 is 43.2 Å². The maximum absolute atomic E-state index is 12.6. The molecule has 1 aromatic carbocycles. The molecule has 0 saturated heterocycles. The van der Waals surface area contributed by atoms with E-state index in [9.17, 15) is 24.3 Å². The monoisotopic (exact) mass is 565 g/mol. The highest BCUT2D eigenvalue weighted by molar-refractivity contribution is 5.77. The smallest absolute Gasteiger partial charge is 0.480 e. The number of aliphatic carboxylic acids is 1. The Morgan fingerprint density at radius 2 is 1.35 bits per heavy atom. The second-order valence-electron chi connectivity index (χ2n) is 12.1. The molecule has 0 fully saturated rings. The van der Waals surface area contributed by atoms with Gasteiger partial charge in [0.2, 0.25) is 0 Å². The van der Waals surface area contributed by atoms with E-state index >= 15 is 0 Å². The zero-order valence-electron chi connectivity index (χ0n) is 25.3. The second-order valence-corrected chi connectivity index (χ2v) is 12.1. The summed E-state index contributed by atoms with van der Waals surface area (Å²) in [6, 6.07) is 3.11. The Labute approximate surface area is 237 Å². The quantitative estimate of drug-likeness (QED) is 0.208. The molecule has 0 aromatic heterocycles. The van der Waals surface area contributed by atoms with Gasteiger partial charge in [-0.3, -0.25) is 14.4 Å². The number of esters is 2. The van der Waals surface area contributed by atoms with Crippen LogP contribution in [0.4, 0.5) is 4.79 Å². The number of carboxylic acids is 1. The first kappa shape index (κ1) is 34.9. The molecule has 3 unspecified atom stereocenters. The molecule has 0 radical (unpaired) electrons.